The highest BCUT2D eigenvalue weighted by Gasteiger charge is 2.18. The number of nitrogens with one attached hydrogen (secondary N) is 1. The summed E-state index contributed by atoms with van der Waals surface area (Å²) < 4.78 is 0. The first-order valence-corrected chi connectivity index (χ1v) is 4.02. The standard InChI is InChI=1S/C10H12N2O/c1-7(13)9(10(11)12)8-5-3-2-4-6-8/h2-6,9H,1H3,(H3,11,12). The van der Waals surface area contributed by atoms with Crippen LogP contribution >= 0.6 is 0 Å². The predicted molar refractivity (Wildman–Crippen MR) is 51.8 cm³/mol. The summed E-state index contributed by atoms with van der Waals surface area (Å²) in [5.41, 5.74) is 6.11. The van der Waals surface area contributed by atoms with E-state index in [0.717, 1.165) is 5.56 Å². The van der Waals surface area contributed by atoms with Crippen LogP contribution in [-0.4, -0.2) is 11.6 Å². The molecular formula is C10H12N2O. The number of benzene rings is 1. The highest BCUT2D eigenvalue weighted by atomic mass is 16.1. The van der Waals surface area contributed by atoms with E-state index >= 15 is 0 Å². The monoisotopic (exact) mass is 176 g/mol. The first kappa shape index (κ1) is 9.45. The molecule has 1 aromatic rings. The Kier molecular flexibility index (Phi) is 2.80. The van der Waals surface area contributed by atoms with Gasteiger partial charge in [0.05, 0.1) is 5.92 Å². The van der Waals surface area contributed by atoms with Crippen LogP contribution in [0.4, 0.5) is 0 Å². The molecular weight excluding hydrogens is 164 g/mol. The van der Waals surface area contributed by atoms with Crippen molar-refractivity contribution < 1.29 is 4.79 Å². The molecule has 0 aliphatic rings. The summed E-state index contributed by atoms with van der Waals surface area (Å²) in [6, 6.07) is 9.12. The molecule has 0 aromatic heterocycles. The lowest BCUT2D eigenvalue weighted by molar-refractivity contribution is -0.117. The molecule has 0 saturated carbocycles. The summed E-state index contributed by atoms with van der Waals surface area (Å²) in [6.07, 6.45) is 0. The molecule has 0 aliphatic carbocycles. The van der Waals surface area contributed by atoms with E-state index in [2.05, 4.69) is 0 Å². The normalized spacial score (nSPS) is 12.1. The average molecular weight is 176 g/mol. The van der Waals surface area contributed by atoms with E-state index in [9.17, 15) is 4.79 Å². The van der Waals surface area contributed by atoms with Gasteiger partial charge >= 0.3 is 0 Å². The number of amidine groups is 1. The second kappa shape index (κ2) is 3.85. The number of Topliss-reactive ketones (excluding diaryl/α,β-unsaturated/α-hetero) is 1. The second-order valence-corrected chi connectivity index (χ2v) is 2.91. The van der Waals surface area contributed by atoms with Crippen molar-refractivity contribution in [2.45, 2.75) is 12.8 Å². The predicted octanol–water partition coefficient (Wildman–Crippen LogP) is 1.30. The van der Waals surface area contributed by atoms with Crippen molar-refractivity contribution in [3.05, 3.63) is 35.9 Å². The fourth-order valence-electron chi connectivity index (χ4n) is 1.28. The van der Waals surface area contributed by atoms with Crippen molar-refractivity contribution in [2.24, 2.45) is 5.73 Å². The Morgan fingerprint density at radius 3 is 2.31 bits per heavy atom. The molecule has 0 heterocycles. The molecule has 0 saturated heterocycles. The Balaban J connectivity index is 3.03. The molecule has 0 radical (unpaired) electrons. The fourth-order valence-corrected chi connectivity index (χ4v) is 1.28. The maximum Gasteiger partial charge on any atom is 0.144 e. The Bertz CT molecular complexity index is 305. The summed E-state index contributed by atoms with van der Waals surface area (Å²) in [5.74, 6) is -0.779. The molecule has 68 valence electrons. The van der Waals surface area contributed by atoms with Gasteiger partial charge in [0, 0.05) is 0 Å². The van der Waals surface area contributed by atoms with E-state index in [-0.39, 0.29) is 11.6 Å². The van der Waals surface area contributed by atoms with E-state index in [1.807, 2.05) is 18.2 Å². The maximum atomic E-state index is 11.2. The van der Waals surface area contributed by atoms with Crippen LogP contribution in [0.2, 0.25) is 0 Å². The molecule has 3 nitrogen and oxygen atoms in total. The molecule has 1 rings (SSSR count). The molecule has 13 heavy (non-hydrogen) atoms. The van der Waals surface area contributed by atoms with Crippen LogP contribution < -0.4 is 5.73 Å². The van der Waals surface area contributed by atoms with Gasteiger partial charge < -0.3 is 5.73 Å². The molecule has 0 fully saturated rings. The molecule has 0 spiro atoms. The number of rotatable bonds is 3. The van der Waals surface area contributed by atoms with Gasteiger partial charge in [-0.05, 0) is 12.5 Å². The molecule has 0 amide bonds. The summed E-state index contributed by atoms with van der Waals surface area (Å²) in [4.78, 5) is 11.2. The quantitative estimate of drug-likeness (QED) is 0.538. The van der Waals surface area contributed by atoms with Crippen LogP contribution in [0, 0.1) is 5.41 Å². The Morgan fingerprint density at radius 2 is 1.92 bits per heavy atom. The minimum atomic E-state index is -0.582. The highest BCUT2D eigenvalue weighted by Crippen LogP contribution is 2.15. The molecule has 0 bridgehead atoms. The topological polar surface area (TPSA) is 66.9 Å². The van der Waals surface area contributed by atoms with Gasteiger partial charge in [0.2, 0.25) is 0 Å². The van der Waals surface area contributed by atoms with E-state index < -0.39 is 5.92 Å². The van der Waals surface area contributed by atoms with E-state index in [0.29, 0.717) is 0 Å². The Morgan fingerprint density at radius 1 is 1.38 bits per heavy atom. The number of hydrogen-bond donors (Lipinski definition) is 2. The Labute approximate surface area is 77.1 Å². The molecule has 3 heteroatoms. The third-order valence-corrected chi connectivity index (χ3v) is 1.85. The van der Waals surface area contributed by atoms with Crippen LogP contribution in [0.1, 0.15) is 18.4 Å². The van der Waals surface area contributed by atoms with Crippen molar-refractivity contribution in [3.8, 4) is 0 Å². The summed E-state index contributed by atoms with van der Waals surface area (Å²) >= 11 is 0. The molecule has 0 aliphatic heterocycles. The van der Waals surface area contributed by atoms with Crippen LogP contribution in [0.15, 0.2) is 30.3 Å². The highest BCUT2D eigenvalue weighted by molar-refractivity contribution is 6.06. The summed E-state index contributed by atoms with van der Waals surface area (Å²) in [6.45, 7) is 1.44. The SMILES string of the molecule is CC(=O)C(C(=N)N)c1ccccc1. The lowest BCUT2D eigenvalue weighted by Crippen LogP contribution is -2.25. The summed E-state index contributed by atoms with van der Waals surface area (Å²) in [7, 11) is 0. The number of nitrogens with two attached hydrogens (primary N) is 1. The zero-order valence-electron chi connectivity index (χ0n) is 7.45. The van der Waals surface area contributed by atoms with Gasteiger partial charge in [-0.1, -0.05) is 30.3 Å². The van der Waals surface area contributed by atoms with Crippen LogP contribution in [0.5, 0.6) is 0 Å². The largest absolute Gasteiger partial charge is 0.387 e. The van der Waals surface area contributed by atoms with Gasteiger partial charge in [0.1, 0.15) is 11.6 Å². The van der Waals surface area contributed by atoms with Crippen molar-refractivity contribution >= 4 is 11.6 Å². The third kappa shape index (κ3) is 2.15. The summed E-state index contributed by atoms with van der Waals surface area (Å²) in [5, 5.41) is 7.28. The van der Waals surface area contributed by atoms with Gasteiger partial charge in [0.15, 0.2) is 0 Å². The maximum absolute atomic E-state index is 11.2. The van der Waals surface area contributed by atoms with Gasteiger partial charge in [0.25, 0.3) is 0 Å². The van der Waals surface area contributed by atoms with Crippen LogP contribution in [-0.2, 0) is 4.79 Å². The van der Waals surface area contributed by atoms with Crippen LogP contribution in [0.25, 0.3) is 0 Å². The minimum Gasteiger partial charge on any atom is -0.387 e. The van der Waals surface area contributed by atoms with Crippen molar-refractivity contribution in [2.75, 3.05) is 0 Å². The average Bonchev–Trinajstić information content (AvgIpc) is 2.04. The van der Waals surface area contributed by atoms with Crippen molar-refractivity contribution in [3.63, 3.8) is 0 Å². The van der Waals surface area contributed by atoms with Gasteiger partial charge in [-0.15, -0.1) is 0 Å². The van der Waals surface area contributed by atoms with E-state index in [4.69, 9.17) is 11.1 Å². The zero-order valence-corrected chi connectivity index (χ0v) is 7.45. The van der Waals surface area contributed by atoms with E-state index in [1.165, 1.54) is 6.92 Å². The molecule has 1 aromatic carbocycles. The zero-order chi connectivity index (χ0) is 9.84. The van der Waals surface area contributed by atoms with Crippen molar-refractivity contribution in [1.82, 2.24) is 0 Å². The number of hydrogen-bond acceptors (Lipinski definition) is 2. The fraction of sp³-hybridized carbons (Fsp3) is 0.200. The lowest BCUT2D eigenvalue weighted by Gasteiger charge is -2.11. The molecule has 1 atom stereocenters. The van der Waals surface area contributed by atoms with E-state index in [1.54, 1.807) is 12.1 Å². The molecule has 1 unspecified atom stereocenters. The number of carbonyl (C=O) groups is 1. The first-order valence-electron chi connectivity index (χ1n) is 4.02. The first-order chi connectivity index (χ1) is 6.13. The van der Waals surface area contributed by atoms with Gasteiger partial charge in [-0.25, -0.2) is 0 Å². The molecule has 3 N–H and O–H groups in total. The minimum absolute atomic E-state index is 0.0984. The smallest absolute Gasteiger partial charge is 0.144 e. The van der Waals surface area contributed by atoms with Crippen LogP contribution in [0.3, 0.4) is 0 Å². The van der Waals surface area contributed by atoms with Crippen molar-refractivity contribution in [1.29, 1.82) is 5.41 Å². The third-order valence-electron chi connectivity index (χ3n) is 1.85. The van der Waals surface area contributed by atoms with Gasteiger partial charge in [-0.3, -0.25) is 10.2 Å². The lowest BCUT2D eigenvalue weighted by atomic mass is 9.95. The number of ketones is 1. The Hall–Kier alpha value is -1.64. The van der Waals surface area contributed by atoms with Gasteiger partial charge in [-0.2, -0.15) is 0 Å². The number of carbonyl (C=O) groups excluding carboxylic acids is 1. The second-order valence-electron chi connectivity index (χ2n) is 2.91.